The van der Waals surface area contributed by atoms with E-state index >= 15 is 0 Å². The fourth-order valence-corrected chi connectivity index (χ4v) is 7.43. The highest BCUT2D eigenvalue weighted by Gasteiger charge is 2.37. The number of benzene rings is 3. The second-order valence-corrected chi connectivity index (χ2v) is 15.3. The zero-order valence-corrected chi connectivity index (χ0v) is 31.9. The topological polar surface area (TPSA) is 102 Å². The summed E-state index contributed by atoms with van der Waals surface area (Å²) < 4.78 is 20.0. The molecule has 0 saturated carbocycles. The lowest BCUT2D eigenvalue weighted by molar-refractivity contribution is -0.139. The monoisotopic (exact) mass is 730 g/mol. The van der Waals surface area contributed by atoms with E-state index < -0.39 is 5.60 Å². The first kappa shape index (κ1) is 36.8. The van der Waals surface area contributed by atoms with Crippen molar-refractivity contribution < 1.29 is 23.8 Å². The Bertz CT molecular complexity index is 2070. The van der Waals surface area contributed by atoms with Gasteiger partial charge in [-0.2, -0.15) is 10.1 Å². The number of piperazine rings is 1. The van der Waals surface area contributed by atoms with Gasteiger partial charge in [0.25, 0.3) is 0 Å². The Morgan fingerprint density at radius 2 is 1.44 bits per heavy atom. The normalized spacial score (nSPS) is 17.8. The Hall–Kier alpha value is -5.58. The van der Waals surface area contributed by atoms with Gasteiger partial charge in [-0.1, -0.05) is 79.7 Å². The van der Waals surface area contributed by atoms with Gasteiger partial charge in [0.05, 0.1) is 16.8 Å². The Labute approximate surface area is 317 Å². The molecule has 2 amide bonds. The van der Waals surface area contributed by atoms with Gasteiger partial charge in [0, 0.05) is 63.7 Å². The molecule has 11 heteroatoms. The average Bonchev–Trinajstić information content (AvgIpc) is 3.52. The molecule has 2 saturated heterocycles. The molecule has 5 aromatic rings. The van der Waals surface area contributed by atoms with E-state index in [2.05, 4.69) is 30.0 Å². The zero-order valence-electron chi connectivity index (χ0n) is 31.9. The molecule has 4 heterocycles. The number of carbonyl (C=O) groups excluding carboxylic acids is 2. The number of rotatable bonds is 9. The molecule has 0 spiro atoms. The first-order valence-corrected chi connectivity index (χ1v) is 18.9. The van der Waals surface area contributed by atoms with Gasteiger partial charge >= 0.3 is 6.09 Å². The minimum absolute atomic E-state index is 0.0546. The van der Waals surface area contributed by atoms with Crippen molar-refractivity contribution in [3.63, 3.8) is 0 Å². The highest BCUT2D eigenvalue weighted by atomic mass is 16.6. The number of carbonyl (C=O) groups is 2. The standard InChI is InChI=1S/C43H50N6O5/c1-30-27-49(42(51)54-43(2,3)4)22-21-33(30)41(50)48-25-23-47(24-26-48)36-18-12-17-34-38(45-46(5)39(34)36)35-19-20-37(52-28-31-13-8-6-9-14-31)44-40(35)53-29-32-15-10-7-11-16-32/h6-20,30,33H,21-29H2,1-5H3/t30-,33-/m0/s1. The van der Waals surface area contributed by atoms with Crippen molar-refractivity contribution in [1.29, 1.82) is 0 Å². The van der Waals surface area contributed by atoms with Crippen molar-refractivity contribution in [3.8, 4) is 23.0 Å². The summed E-state index contributed by atoms with van der Waals surface area (Å²) in [5, 5.41) is 6.02. The van der Waals surface area contributed by atoms with Crippen molar-refractivity contribution in [2.45, 2.75) is 52.9 Å². The van der Waals surface area contributed by atoms with Gasteiger partial charge in [0.2, 0.25) is 17.7 Å². The number of nitrogens with zero attached hydrogens (tertiary/aromatic N) is 6. The number of ether oxygens (including phenoxy) is 3. The molecule has 282 valence electrons. The molecule has 7 rings (SSSR count). The van der Waals surface area contributed by atoms with Crippen LogP contribution in [0.4, 0.5) is 10.5 Å². The molecule has 0 N–H and O–H groups in total. The fourth-order valence-electron chi connectivity index (χ4n) is 7.43. The summed E-state index contributed by atoms with van der Waals surface area (Å²) in [7, 11) is 1.97. The van der Waals surface area contributed by atoms with Crippen LogP contribution in [0.1, 0.15) is 45.2 Å². The number of amides is 2. The Balaban J connectivity index is 1.07. The molecule has 0 bridgehead atoms. The van der Waals surface area contributed by atoms with Gasteiger partial charge in [-0.3, -0.25) is 9.48 Å². The summed E-state index contributed by atoms with van der Waals surface area (Å²) in [6.45, 7) is 12.1. The maximum Gasteiger partial charge on any atom is 0.410 e. The quantitative estimate of drug-likeness (QED) is 0.155. The van der Waals surface area contributed by atoms with E-state index in [0.29, 0.717) is 70.7 Å². The van der Waals surface area contributed by atoms with E-state index in [1.165, 1.54) is 0 Å². The number of para-hydroxylation sites is 1. The predicted octanol–water partition coefficient (Wildman–Crippen LogP) is 7.34. The summed E-state index contributed by atoms with van der Waals surface area (Å²) in [5.74, 6) is 1.05. The van der Waals surface area contributed by atoms with Gasteiger partial charge in [0.15, 0.2) is 0 Å². The minimum atomic E-state index is -0.547. The lowest BCUT2D eigenvalue weighted by Gasteiger charge is -2.41. The number of hydrogen-bond acceptors (Lipinski definition) is 8. The lowest BCUT2D eigenvalue weighted by Crippen LogP contribution is -2.54. The van der Waals surface area contributed by atoms with Gasteiger partial charge in [-0.25, -0.2) is 4.79 Å². The number of hydrogen-bond donors (Lipinski definition) is 0. The first-order chi connectivity index (χ1) is 26.0. The second-order valence-electron chi connectivity index (χ2n) is 15.3. The molecule has 0 aliphatic carbocycles. The van der Waals surface area contributed by atoms with Crippen LogP contribution in [0.15, 0.2) is 91.0 Å². The molecule has 0 radical (unpaired) electrons. The molecule has 2 aromatic heterocycles. The highest BCUT2D eigenvalue weighted by molar-refractivity contribution is 6.01. The summed E-state index contributed by atoms with van der Waals surface area (Å²) in [5.41, 5.74) is 5.18. The third-order valence-electron chi connectivity index (χ3n) is 10.2. The molecule has 3 aromatic carbocycles. The maximum absolute atomic E-state index is 13.8. The summed E-state index contributed by atoms with van der Waals surface area (Å²) >= 11 is 0. The number of aryl methyl sites for hydroxylation is 1. The first-order valence-electron chi connectivity index (χ1n) is 18.9. The minimum Gasteiger partial charge on any atom is -0.473 e. The van der Waals surface area contributed by atoms with E-state index in [-0.39, 0.29) is 23.8 Å². The average molecular weight is 731 g/mol. The van der Waals surface area contributed by atoms with E-state index in [1.807, 2.05) is 110 Å². The number of likely N-dealkylation sites (tertiary alicyclic amines) is 1. The van der Waals surface area contributed by atoms with E-state index in [1.54, 1.807) is 4.90 Å². The molecule has 2 atom stereocenters. The molecular weight excluding hydrogens is 681 g/mol. The third kappa shape index (κ3) is 8.30. The van der Waals surface area contributed by atoms with Crippen LogP contribution in [-0.4, -0.2) is 81.4 Å². The van der Waals surface area contributed by atoms with Crippen molar-refractivity contribution in [3.05, 3.63) is 102 Å². The van der Waals surface area contributed by atoms with Crippen molar-refractivity contribution in [1.82, 2.24) is 24.6 Å². The summed E-state index contributed by atoms with van der Waals surface area (Å²) in [6.07, 6.45) is 0.334. The fraction of sp³-hybridized carbons (Fsp3) is 0.395. The Morgan fingerprint density at radius 1 is 0.778 bits per heavy atom. The molecule has 0 unspecified atom stereocenters. The van der Waals surface area contributed by atoms with E-state index in [9.17, 15) is 9.59 Å². The van der Waals surface area contributed by atoms with Gasteiger partial charge in [0.1, 0.15) is 24.5 Å². The number of aromatic nitrogens is 3. The zero-order chi connectivity index (χ0) is 37.8. The van der Waals surface area contributed by atoms with E-state index in [0.717, 1.165) is 39.0 Å². The Kier molecular flexibility index (Phi) is 10.8. The van der Waals surface area contributed by atoms with Crippen molar-refractivity contribution >= 4 is 28.6 Å². The SMILES string of the molecule is C[C@H]1CN(C(=O)OC(C)(C)C)CC[C@@H]1C(=O)N1CCN(c2cccc3c(-c4ccc(OCc5ccccc5)nc4OCc4ccccc4)nn(C)c23)CC1. The van der Waals surface area contributed by atoms with Crippen molar-refractivity contribution in [2.24, 2.45) is 18.9 Å². The number of anilines is 1. The maximum atomic E-state index is 13.8. The number of pyridine rings is 1. The highest BCUT2D eigenvalue weighted by Crippen LogP contribution is 2.38. The van der Waals surface area contributed by atoms with Gasteiger partial charge < -0.3 is 28.9 Å². The van der Waals surface area contributed by atoms with Gasteiger partial charge in [-0.05, 0) is 56.4 Å². The van der Waals surface area contributed by atoms with Crippen LogP contribution in [0, 0.1) is 11.8 Å². The summed E-state index contributed by atoms with van der Waals surface area (Å²) in [4.78, 5) is 37.4. The molecule has 11 nitrogen and oxygen atoms in total. The predicted molar refractivity (Wildman–Crippen MR) is 209 cm³/mol. The molecule has 2 fully saturated rings. The van der Waals surface area contributed by atoms with Gasteiger partial charge in [-0.15, -0.1) is 0 Å². The molecular formula is C43H50N6O5. The van der Waals surface area contributed by atoms with Crippen LogP contribution < -0.4 is 14.4 Å². The number of fused-ring (bicyclic) bond motifs is 1. The lowest BCUT2D eigenvalue weighted by atomic mass is 9.85. The summed E-state index contributed by atoms with van der Waals surface area (Å²) in [6, 6.07) is 30.2. The van der Waals surface area contributed by atoms with Crippen LogP contribution >= 0.6 is 0 Å². The van der Waals surface area contributed by atoms with Crippen LogP contribution in [-0.2, 0) is 29.8 Å². The Morgan fingerprint density at radius 3 is 2.09 bits per heavy atom. The third-order valence-corrected chi connectivity index (χ3v) is 10.2. The van der Waals surface area contributed by atoms with Crippen LogP contribution in [0.5, 0.6) is 11.8 Å². The van der Waals surface area contributed by atoms with E-state index in [4.69, 9.17) is 24.3 Å². The number of piperidine rings is 1. The van der Waals surface area contributed by atoms with Crippen molar-refractivity contribution in [2.75, 3.05) is 44.2 Å². The smallest absolute Gasteiger partial charge is 0.410 e. The van der Waals surface area contributed by atoms with Crippen LogP contribution in [0.25, 0.3) is 22.2 Å². The molecule has 2 aliphatic rings. The molecule has 2 aliphatic heterocycles. The van der Waals surface area contributed by atoms with Crippen LogP contribution in [0.3, 0.4) is 0 Å². The second kappa shape index (κ2) is 15.8. The van der Waals surface area contributed by atoms with Crippen LogP contribution in [0.2, 0.25) is 0 Å². The largest absolute Gasteiger partial charge is 0.473 e. The molecule has 54 heavy (non-hydrogen) atoms.